The molecule has 0 aliphatic carbocycles. The molecule has 34 heavy (non-hydrogen) atoms. The Hall–Kier alpha value is -3.54. The molecule has 0 saturated carbocycles. The minimum Gasteiger partial charge on any atom is -0.437 e. The summed E-state index contributed by atoms with van der Waals surface area (Å²) in [5.74, 6) is 0.0755. The first-order valence-electron chi connectivity index (χ1n) is 11.6. The molecule has 5 aromatic rings. The van der Waals surface area contributed by atoms with E-state index in [4.69, 9.17) is 4.42 Å². The molecule has 0 aliphatic rings. The highest BCUT2D eigenvalue weighted by Crippen LogP contribution is 2.37. The fourth-order valence-electron chi connectivity index (χ4n) is 4.86. The van der Waals surface area contributed by atoms with Crippen LogP contribution in [0.4, 0.5) is 8.78 Å². The molecule has 0 amide bonds. The van der Waals surface area contributed by atoms with Crippen LogP contribution in [0, 0.1) is 18.7 Å². The first-order chi connectivity index (χ1) is 16.2. The number of nitrogens with zero attached hydrogens (tertiary/aromatic N) is 3. The summed E-state index contributed by atoms with van der Waals surface area (Å²) in [6.45, 7) is 10.8. The second kappa shape index (κ2) is 8.05. The SMILES string of the molecule is Cc1cc2oc3nc(F)cc(F)c3c2cc1-c1n(-c2c(C(C)C)cccc2C(C)C)cc[n+]1C. The number of furan rings is 1. The maximum atomic E-state index is 14.7. The van der Waals surface area contributed by atoms with Crippen LogP contribution in [-0.2, 0) is 7.05 Å². The zero-order valence-electron chi connectivity index (χ0n) is 20.3. The lowest BCUT2D eigenvalue weighted by Gasteiger charge is -2.18. The Morgan fingerprint density at radius 3 is 2.32 bits per heavy atom. The van der Waals surface area contributed by atoms with E-state index in [0.29, 0.717) is 22.8 Å². The van der Waals surface area contributed by atoms with E-state index in [1.54, 1.807) is 0 Å². The summed E-state index contributed by atoms with van der Waals surface area (Å²) in [7, 11) is 2.01. The van der Waals surface area contributed by atoms with E-state index in [2.05, 4.69) is 66.2 Å². The highest BCUT2D eigenvalue weighted by Gasteiger charge is 2.28. The topological polar surface area (TPSA) is 34.8 Å². The van der Waals surface area contributed by atoms with Crippen molar-refractivity contribution in [2.75, 3.05) is 0 Å². The molecule has 0 N–H and O–H groups in total. The van der Waals surface area contributed by atoms with Gasteiger partial charge in [0.1, 0.15) is 29.5 Å². The number of pyridine rings is 1. The Morgan fingerprint density at radius 1 is 1.00 bits per heavy atom. The fraction of sp³-hybridized carbons (Fsp3) is 0.286. The van der Waals surface area contributed by atoms with Gasteiger partial charge < -0.3 is 4.42 Å². The fourth-order valence-corrected chi connectivity index (χ4v) is 4.86. The van der Waals surface area contributed by atoms with E-state index in [1.165, 1.54) is 16.8 Å². The predicted molar refractivity (Wildman–Crippen MR) is 130 cm³/mol. The minimum absolute atomic E-state index is 0.0314. The van der Waals surface area contributed by atoms with Crippen LogP contribution in [0.1, 0.15) is 56.2 Å². The van der Waals surface area contributed by atoms with E-state index in [0.717, 1.165) is 23.0 Å². The number of halogens is 2. The average molecular weight is 461 g/mol. The average Bonchev–Trinajstić information content (AvgIpc) is 3.31. The van der Waals surface area contributed by atoms with Crippen LogP contribution in [-0.4, -0.2) is 9.55 Å². The van der Waals surface area contributed by atoms with Gasteiger partial charge in [0.25, 0.3) is 5.82 Å². The van der Waals surface area contributed by atoms with Crippen LogP contribution in [0.2, 0.25) is 0 Å². The van der Waals surface area contributed by atoms with Gasteiger partial charge in [0, 0.05) is 22.6 Å². The first kappa shape index (κ1) is 22.3. The van der Waals surface area contributed by atoms with Gasteiger partial charge in [-0.25, -0.2) is 8.96 Å². The minimum atomic E-state index is -0.896. The van der Waals surface area contributed by atoms with Crippen LogP contribution >= 0.6 is 0 Å². The Morgan fingerprint density at radius 2 is 1.68 bits per heavy atom. The van der Waals surface area contributed by atoms with E-state index in [9.17, 15) is 8.78 Å². The van der Waals surface area contributed by atoms with Crippen molar-refractivity contribution < 1.29 is 17.8 Å². The summed E-state index contributed by atoms with van der Waals surface area (Å²) >= 11 is 0. The van der Waals surface area contributed by atoms with Crippen molar-refractivity contribution in [1.29, 1.82) is 0 Å². The van der Waals surface area contributed by atoms with Crippen molar-refractivity contribution in [3.8, 4) is 17.1 Å². The van der Waals surface area contributed by atoms with Crippen molar-refractivity contribution in [3.63, 3.8) is 0 Å². The molecule has 0 unspecified atom stereocenters. The molecule has 3 aromatic heterocycles. The zero-order valence-corrected chi connectivity index (χ0v) is 20.3. The Balaban J connectivity index is 1.84. The van der Waals surface area contributed by atoms with Gasteiger partial charge >= 0.3 is 0 Å². The largest absolute Gasteiger partial charge is 0.437 e. The molecular formula is C28H28F2N3O+. The molecule has 0 spiro atoms. The third-order valence-corrected chi connectivity index (χ3v) is 6.54. The highest BCUT2D eigenvalue weighted by atomic mass is 19.1. The standard InChI is InChI=1S/C28H28F2N3O/c1-15(2)18-8-7-9-19(16(3)4)26(18)33-11-10-32(6)28(33)20-13-21-23(12-17(20)5)34-27-25(21)22(29)14-24(30)31-27/h7-16H,1-6H3/q+1. The number of para-hydroxylation sites is 1. The second-order valence-corrected chi connectivity index (χ2v) is 9.57. The predicted octanol–water partition coefficient (Wildman–Crippen LogP) is 7.10. The molecule has 0 aliphatic heterocycles. The normalized spacial score (nSPS) is 12.1. The molecule has 5 rings (SSSR count). The lowest BCUT2D eigenvalue weighted by molar-refractivity contribution is -0.659. The first-order valence-corrected chi connectivity index (χ1v) is 11.6. The number of aryl methyl sites for hydroxylation is 2. The molecule has 3 heterocycles. The Kier molecular flexibility index (Phi) is 5.27. The number of hydrogen-bond donors (Lipinski definition) is 0. The lowest BCUT2D eigenvalue weighted by atomic mass is 9.92. The molecule has 0 saturated heterocycles. The van der Waals surface area contributed by atoms with E-state index in [1.807, 2.05) is 32.3 Å². The molecule has 0 fully saturated rings. The smallest absolute Gasteiger partial charge is 0.294 e. The van der Waals surface area contributed by atoms with Gasteiger partial charge in [-0.1, -0.05) is 45.9 Å². The monoisotopic (exact) mass is 460 g/mol. The summed E-state index contributed by atoms with van der Waals surface area (Å²) in [5, 5.41) is 0.776. The number of fused-ring (bicyclic) bond motifs is 3. The molecule has 174 valence electrons. The quantitative estimate of drug-likeness (QED) is 0.212. The highest BCUT2D eigenvalue weighted by molar-refractivity contribution is 6.05. The number of benzene rings is 2. The van der Waals surface area contributed by atoms with Gasteiger partial charge in [-0.15, -0.1) is 0 Å². The van der Waals surface area contributed by atoms with Crippen molar-refractivity contribution >= 4 is 22.1 Å². The van der Waals surface area contributed by atoms with Crippen molar-refractivity contribution in [1.82, 2.24) is 9.55 Å². The van der Waals surface area contributed by atoms with Gasteiger partial charge in [-0.3, -0.25) is 0 Å². The molecule has 2 aromatic carbocycles. The summed E-state index contributed by atoms with van der Waals surface area (Å²) in [6, 6.07) is 11.1. The van der Waals surface area contributed by atoms with E-state index < -0.39 is 11.8 Å². The van der Waals surface area contributed by atoms with Gasteiger partial charge in [0.05, 0.1) is 18.0 Å². The maximum Gasteiger partial charge on any atom is 0.294 e. The number of hydrogen-bond acceptors (Lipinski definition) is 2. The van der Waals surface area contributed by atoms with Crippen molar-refractivity contribution in [2.45, 2.75) is 46.5 Å². The third-order valence-electron chi connectivity index (χ3n) is 6.54. The van der Waals surface area contributed by atoms with E-state index in [-0.39, 0.29) is 11.1 Å². The van der Waals surface area contributed by atoms with Crippen molar-refractivity contribution in [2.24, 2.45) is 7.05 Å². The number of rotatable bonds is 4. The third kappa shape index (κ3) is 3.40. The summed E-state index contributed by atoms with van der Waals surface area (Å²) < 4.78 is 38.4. The second-order valence-electron chi connectivity index (χ2n) is 9.57. The van der Waals surface area contributed by atoms with Crippen LogP contribution in [0.5, 0.6) is 0 Å². The van der Waals surface area contributed by atoms with Crippen LogP contribution < -0.4 is 4.57 Å². The molecule has 0 atom stereocenters. The Bertz CT molecular complexity index is 1530. The zero-order chi connectivity index (χ0) is 24.3. The van der Waals surface area contributed by atoms with Crippen molar-refractivity contribution in [3.05, 3.63) is 77.2 Å². The molecule has 4 nitrogen and oxygen atoms in total. The van der Waals surface area contributed by atoms with Gasteiger partial charge in [-0.05, 0) is 36.5 Å². The van der Waals surface area contributed by atoms with E-state index >= 15 is 0 Å². The van der Waals surface area contributed by atoms with Crippen LogP contribution in [0.25, 0.3) is 39.1 Å². The molecule has 0 bridgehead atoms. The van der Waals surface area contributed by atoms with Crippen LogP contribution in [0.15, 0.2) is 53.2 Å². The van der Waals surface area contributed by atoms with Gasteiger partial charge in [0.2, 0.25) is 11.7 Å². The molecule has 6 heteroatoms. The lowest BCUT2D eigenvalue weighted by Crippen LogP contribution is -2.29. The number of aromatic nitrogens is 3. The molecular weight excluding hydrogens is 432 g/mol. The summed E-state index contributed by atoms with van der Waals surface area (Å²) in [6.07, 6.45) is 4.11. The number of imidazole rings is 1. The van der Waals surface area contributed by atoms with Crippen LogP contribution in [0.3, 0.4) is 0 Å². The van der Waals surface area contributed by atoms with Gasteiger partial charge in [0.15, 0.2) is 0 Å². The summed E-state index contributed by atoms with van der Waals surface area (Å²) in [4.78, 5) is 3.76. The molecule has 0 radical (unpaired) electrons. The van der Waals surface area contributed by atoms with Gasteiger partial charge in [-0.2, -0.15) is 13.9 Å². The summed E-state index contributed by atoms with van der Waals surface area (Å²) in [5.41, 5.74) is 6.07. The Labute approximate surface area is 197 Å². The maximum absolute atomic E-state index is 14.7.